The van der Waals surface area contributed by atoms with Gasteiger partial charge in [0, 0.05) is 4.48 Å². The van der Waals surface area contributed by atoms with E-state index in [0.717, 1.165) is 4.48 Å². The average molecular weight is 227 g/mol. The van der Waals surface area contributed by atoms with Crippen LogP contribution < -0.4 is 0 Å². The van der Waals surface area contributed by atoms with Gasteiger partial charge in [-0.3, -0.25) is 0 Å². The Bertz CT molecular complexity index is 192. The molecule has 0 fully saturated rings. The predicted molar refractivity (Wildman–Crippen MR) is 60.8 cm³/mol. The number of allylic oxidation sites excluding steroid dienone is 4. The molecule has 0 N–H and O–H groups in total. The van der Waals surface area contributed by atoms with Gasteiger partial charge < -0.3 is 0 Å². The third-order valence-corrected chi connectivity index (χ3v) is 3.04. The summed E-state index contributed by atoms with van der Waals surface area (Å²) >= 11 is 3.51. The van der Waals surface area contributed by atoms with E-state index < -0.39 is 0 Å². The van der Waals surface area contributed by atoms with E-state index in [1.54, 1.807) is 0 Å². The molecule has 0 aliphatic carbocycles. The van der Waals surface area contributed by atoms with Crippen LogP contribution in [0.1, 0.15) is 27.7 Å². The molecule has 0 spiro atoms. The molecule has 0 aromatic heterocycles. The second-order valence-electron chi connectivity index (χ2n) is 3.03. The fourth-order valence-electron chi connectivity index (χ4n) is 1.07. The maximum absolute atomic E-state index is 5.82. The summed E-state index contributed by atoms with van der Waals surface area (Å²) in [6, 6.07) is 0. The highest BCUT2D eigenvalue weighted by Gasteiger charge is 2.13. The molecule has 0 unspecified atom stereocenters. The van der Waals surface area contributed by atoms with Crippen molar-refractivity contribution in [2.75, 3.05) is 0 Å². The van der Waals surface area contributed by atoms with E-state index in [-0.39, 0.29) is 5.82 Å². The largest absolute Gasteiger partial charge is 0.0831 e. The molecule has 0 aliphatic rings. The molecule has 66 valence electrons. The summed E-state index contributed by atoms with van der Waals surface area (Å²) in [4.78, 5) is 0. The smallest absolute Gasteiger partial charge is 0.0703 e. The highest BCUT2D eigenvalue weighted by Crippen LogP contribution is 2.30. The first-order valence-electron chi connectivity index (χ1n) is 4.28. The molecule has 0 saturated carbocycles. The fraction of sp³-hybridized carbons (Fsp3) is 0.600. The molecular formula is C10H16BBr. The zero-order valence-electron chi connectivity index (χ0n) is 8.26. The first kappa shape index (κ1) is 12.0. The maximum Gasteiger partial charge on any atom is 0.0703 e. The van der Waals surface area contributed by atoms with Crippen molar-refractivity contribution in [1.29, 1.82) is 0 Å². The molecule has 0 heterocycles. The van der Waals surface area contributed by atoms with E-state index in [4.69, 9.17) is 7.85 Å². The first-order chi connectivity index (χ1) is 5.54. The van der Waals surface area contributed by atoms with Crippen molar-refractivity contribution in [1.82, 2.24) is 0 Å². The summed E-state index contributed by atoms with van der Waals surface area (Å²) in [6.07, 6.45) is 4.16. The third kappa shape index (κ3) is 3.18. The third-order valence-electron chi connectivity index (χ3n) is 2.12. The van der Waals surface area contributed by atoms with Crippen LogP contribution in [0.2, 0.25) is 5.82 Å². The lowest BCUT2D eigenvalue weighted by molar-refractivity contribution is 0.666. The summed E-state index contributed by atoms with van der Waals surface area (Å²) in [5.41, 5.74) is 1.28. The molecule has 12 heavy (non-hydrogen) atoms. The molecular weight excluding hydrogens is 211 g/mol. The van der Waals surface area contributed by atoms with E-state index in [2.05, 4.69) is 28.9 Å². The van der Waals surface area contributed by atoms with Crippen LogP contribution in [0.25, 0.3) is 0 Å². The van der Waals surface area contributed by atoms with Crippen molar-refractivity contribution in [3.8, 4) is 0 Å². The van der Waals surface area contributed by atoms with E-state index in [1.807, 2.05) is 26.8 Å². The quantitative estimate of drug-likeness (QED) is 0.507. The lowest BCUT2D eigenvalue weighted by Gasteiger charge is -2.19. The monoisotopic (exact) mass is 226 g/mol. The summed E-state index contributed by atoms with van der Waals surface area (Å²) < 4.78 is 1.15. The topological polar surface area (TPSA) is 0 Å². The van der Waals surface area contributed by atoms with Crippen LogP contribution in [0.3, 0.4) is 0 Å². The Kier molecular flexibility index (Phi) is 5.64. The predicted octanol–water partition coefficient (Wildman–Crippen LogP) is 3.84. The standard InChI is InChI=1S/C10H16BBr/c1-5-9(10(12)6-2)7(3)8(4)11/h5-8H,1-4H3/b9-5+,10-6-/t7-,8+/m1/s1. The van der Waals surface area contributed by atoms with E-state index in [1.165, 1.54) is 5.57 Å². The Morgan fingerprint density at radius 1 is 1.25 bits per heavy atom. The Morgan fingerprint density at radius 2 is 1.75 bits per heavy atom. The Hall–Kier alpha value is 0.0249. The van der Waals surface area contributed by atoms with E-state index in [0.29, 0.717) is 5.92 Å². The van der Waals surface area contributed by atoms with Crippen LogP contribution in [0.4, 0.5) is 0 Å². The highest BCUT2D eigenvalue weighted by atomic mass is 79.9. The van der Waals surface area contributed by atoms with E-state index in [9.17, 15) is 0 Å². The summed E-state index contributed by atoms with van der Waals surface area (Å²) in [5, 5.41) is 0. The minimum absolute atomic E-state index is 0.198. The van der Waals surface area contributed by atoms with E-state index >= 15 is 0 Å². The zero-order chi connectivity index (χ0) is 9.72. The van der Waals surface area contributed by atoms with Crippen LogP contribution >= 0.6 is 15.9 Å². The fourth-order valence-corrected chi connectivity index (χ4v) is 1.66. The molecule has 2 heteroatoms. The van der Waals surface area contributed by atoms with Gasteiger partial charge >= 0.3 is 0 Å². The maximum atomic E-state index is 5.82. The molecule has 2 radical (unpaired) electrons. The van der Waals surface area contributed by atoms with Gasteiger partial charge in [-0.15, -0.1) is 0 Å². The molecule has 0 amide bonds. The average Bonchev–Trinajstić information content (AvgIpc) is 2.05. The van der Waals surface area contributed by atoms with Gasteiger partial charge in [-0.2, -0.15) is 0 Å². The molecule has 0 aliphatic heterocycles. The lowest BCUT2D eigenvalue weighted by atomic mass is 9.75. The van der Waals surface area contributed by atoms with Gasteiger partial charge in [-0.05, 0) is 25.3 Å². The molecule has 0 nitrogen and oxygen atoms in total. The van der Waals surface area contributed by atoms with Crippen LogP contribution in [-0.4, -0.2) is 7.85 Å². The van der Waals surface area contributed by atoms with Crippen molar-refractivity contribution in [3.05, 3.63) is 22.2 Å². The Balaban J connectivity index is 4.59. The minimum atomic E-state index is 0.198. The van der Waals surface area contributed by atoms with Crippen molar-refractivity contribution < 1.29 is 0 Å². The highest BCUT2D eigenvalue weighted by molar-refractivity contribution is 9.12. The second-order valence-corrected chi connectivity index (χ2v) is 3.88. The molecule has 0 aromatic carbocycles. The summed E-state index contributed by atoms with van der Waals surface area (Å²) in [5.74, 6) is 0.601. The van der Waals surface area contributed by atoms with Crippen LogP contribution in [-0.2, 0) is 0 Å². The molecule has 0 bridgehead atoms. The van der Waals surface area contributed by atoms with Crippen LogP contribution in [0, 0.1) is 5.92 Å². The molecule has 0 aromatic rings. The van der Waals surface area contributed by atoms with Crippen molar-refractivity contribution in [2.45, 2.75) is 33.5 Å². The Morgan fingerprint density at radius 3 is 2.00 bits per heavy atom. The van der Waals surface area contributed by atoms with Crippen LogP contribution in [0.5, 0.6) is 0 Å². The van der Waals surface area contributed by atoms with Crippen molar-refractivity contribution in [2.24, 2.45) is 5.92 Å². The SMILES string of the molecule is [B][C@@H](C)[C@@H](C)C(=C\C)/C(Br)=C/C. The van der Waals surface area contributed by atoms with Gasteiger partial charge in [0.25, 0.3) is 0 Å². The second kappa shape index (κ2) is 5.63. The summed E-state index contributed by atoms with van der Waals surface area (Å²) in [7, 11) is 5.82. The van der Waals surface area contributed by atoms with Gasteiger partial charge in [0.15, 0.2) is 0 Å². The number of rotatable bonds is 3. The van der Waals surface area contributed by atoms with Crippen molar-refractivity contribution in [3.63, 3.8) is 0 Å². The normalized spacial score (nSPS) is 19.1. The molecule has 2 atom stereocenters. The molecule has 0 saturated heterocycles. The lowest BCUT2D eigenvalue weighted by Crippen LogP contribution is -2.05. The first-order valence-corrected chi connectivity index (χ1v) is 5.07. The van der Waals surface area contributed by atoms with Gasteiger partial charge in [-0.1, -0.05) is 47.7 Å². The number of hydrogen-bond donors (Lipinski definition) is 0. The van der Waals surface area contributed by atoms with Gasteiger partial charge in [-0.25, -0.2) is 0 Å². The molecule has 0 rings (SSSR count). The van der Waals surface area contributed by atoms with Gasteiger partial charge in [0.1, 0.15) is 0 Å². The minimum Gasteiger partial charge on any atom is -0.0831 e. The number of hydrogen-bond acceptors (Lipinski definition) is 0. The number of halogens is 1. The zero-order valence-corrected chi connectivity index (χ0v) is 9.85. The summed E-state index contributed by atoms with van der Waals surface area (Å²) in [6.45, 7) is 8.23. The van der Waals surface area contributed by atoms with Gasteiger partial charge in [0.2, 0.25) is 0 Å². The Labute approximate surface area is 85.7 Å². The van der Waals surface area contributed by atoms with Crippen LogP contribution in [0.15, 0.2) is 22.2 Å². The van der Waals surface area contributed by atoms with Crippen molar-refractivity contribution >= 4 is 23.8 Å². The van der Waals surface area contributed by atoms with Gasteiger partial charge in [0.05, 0.1) is 7.85 Å².